The molecule has 5 nitrogen and oxygen atoms in total. The van der Waals surface area contributed by atoms with Gasteiger partial charge < -0.3 is 10.2 Å². The molecular formula is C16H17Cl4N5. The molecule has 1 aromatic carbocycles. The summed E-state index contributed by atoms with van der Waals surface area (Å²) in [6.07, 6.45) is 2.00. The lowest BCUT2D eigenvalue weighted by molar-refractivity contribution is 0.263. The maximum absolute atomic E-state index is 6.00. The predicted octanol–water partition coefficient (Wildman–Crippen LogP) is 4.52. The lowest BCUT2D eigenvalue weighted by Crippen LogP contribution is -2.37. The average Bonchev–Trinajstić information content (AvgIpc) is 2.56. The molecule has 1 aromatic heterocycles. The Morgan fingerprint density at radius 3 is 2.28 bits per heavy atom. The Bertz CT molecular complexity index is 724. The van der Waals surface area contributed by atoms with Gasteiger partial charge in [-0.05, 0) is 57.2 Å². The van der Waals surface area contributed by atoms with Crippen molar-refractivity contribution in [2.45, 2.75) is 22.7 Å². The molecule has 0 amide bonds. The maximum atomic E-state index is 6.00. The van der Waals surface area contributed by atoms with Gasteiger partial charge in [-0.1, -0.05) is 46.4 Å². The van der Waals surface area contributed by atoms with Gasteiger partial charge in [-0.2, -0.15) is 9.97 Å². The van der Waals surface area contributed by atoms with Crippen molar-refractivity contribution >= 4 is 52.4 Å². The second-order valence-corrected chi connectivity index (χ2v) is 8.75. The summed E-state index contributed by atoms with van der Waals surface area (Å²) in [6.45, 7) is 2.04. The lowest BCUT2D eigenvalue weighted by Gasteiger charge is -2.29. The molecule has 2 aromatic rings. The van der Waals surface area contributed by atoms with Crippen LogP contribution in [0.2, 0.25) is 5.02 Å². The maximum Gasteiger partial charge on any atom is 0.250 e. The fourth-order valence-corrected chi connectivity index (χ4v) is 3.01. The first-order chi connectivity index (χ1) is 11.8. The topological polar surface area (TPSA) is 53.9 Å². The van der Waals surface area contributed by atoms with Crippen LogP contribution >= 0.6 is 46.4 Å². The first-order valence-corrected chi connectivity index (χ1v) is 9.37. The van der Waals surface area contributed by atoms with Crippen LogP contribution in [0.15, 0.2) is 24.3 Å². The molecule has 9 heteroatoms. The highest BCUT2D eigenvalue weighted by Crippen LogP contribution is 2.37. The summed E-state index contributed by atoms with van der Waals surface area (Å²) in [6, 6.07) is 7.44. The van der Waals surface area contributed by atoms with Crippen molar-refractivity contribution in [1.29, 1.82) is 0 Å². The number of likely N-dealkylation sites (tertiary alicyclic amines) is 1. The zero-order valence-electron chi connectivity index (χ0n) is 13.5. The quantitative estimate of drug-likeness (QED) is 0.739. The largest absolute Gasteiger partial charge is 0.351 e. The monoisotopic (exact) mass is 419 g/mol. The number of hydrogen-bond acceptors (Lipinski definition) is 5. The van der Waals surface area contributed by atoms with E-state index in [9.17, 15) is 0 Å². The molecule has 3 rings (SSSR count). The standard InChI is InChI=1S/C16H17Cl4N5/c1-25-8-6-12(7-9-25)21-15-23-13(10-2-4-11(17)5-3-10)22-14(24-15)16(18,19)20/h2-5,12H,6-9H2,1H3,(H,21,22,23,24). The molecule has 0 unspecified atom stereocenters. The normalized spacial score (nSPS) is 16.8. The number of nitrogens with one attached hydrogen (secondary N) is 1. The van der Waals surface area contributed by atoms with Gasteiger partial charge in [-0.15, -0.1) is 0 Å². The Morgan fingerprint density at radius 2 is 1.68 bits per heavy atom. The fraction of sp³-hybridized carbons (Fsp3) is 0.438. The van der Waals surface area contributed by atoms with Crippen molar-refractivity contribution < 1.29 is 0 Å². The van der Waals surface area contributed by atoms with E-state index in [0.29, 0.717) is 16.8 Å². The van der Waals surface area contributed by atoms with E-state index in [1.165, 1.54) is 0 Å². The Labute approximate surface area is 166 Å². The summed E-state index contributed by atoms with van der Waals surface area (Å²) in [4.78, 5) is 15.4. The van der Waals surface area contributed by atoms with E-state index in [2.05, 4.69) is 32.2 Å². The number of alkyl halides is 3. The first-order valence-electron chi connectivity index (χ1n) is 7.85. The molecule has 134 valence electrons. The molecule has 2 heterocycles. The van der Waals surface area contributed by atoms with Crippen LogP contribution in [-0.4, -0.2) is 46.0 Å². The van der Waals surface area contributed by atoms with Gasteiger partial charge in [-0.3, -0.25) is 0 Å². The zero-order chi connectivity index (χ0) is 18.0. The van der Waals surface area contributed by atoms with Gasteiger partial charge in [0, 0.05) is 16.6 Å². The number of aromatic nitrogens is 3. The number of hydrogen-bond donors (Lipinski definition) is 1. The van der Waals surface area contributed by atoms with Crippen LogP contribution in [0.1, 0.15) is 18.7 Å². The Kier molecular flexibility index (Phi) is 5.91. The third-order valence-corrected chi connectivity index (χ3v) is 4.80. The molecule has 1 fully saturated rings. The van der Waals surface area contributed by atoms with E-state index in [1.54, 1.807) is 12.1 Å². The van der Waals surface area contributed by atoms with Crippen LogP contribution in [0.25, 0.3) is 11.4 Å². The molecule has 1 aliphatic heterocycles. The summed E-state index contributed by atoms with van der Waals surface area (Å²) in [5.74, 6) is 0.937. The van der Waals surface area contributed by atoms with Crippen molar-refractivity contribution in [1.82, 2.24) is 19.9 Å². The minimum absolute atomic E-state index is 0.0906. The predicted molar refractivity (Wildman–Crippen MR) is 104 cm³/mol. The van der Waals surface area contributed by atoms with Crippen LogP contribution in [0.4, 0.5) is 5.95 Å². The number of halogens is 4. The van der Waals surface area contributed by atoms with Gasteiger partial charge in [0.25, 0.3) is 0 Å². The molecule has 0 saturated carbocycles. The van der Waals surface area contributed by atoms with E-state index >= 15 is 0 Å². The second kappa shape index (κ2) is 7.80. The molecule has 0 atom stereocenters. The van der Waals surface area contributed by atoms with E-state index in [-0.39, 0.29) is 11.9 Å². The minimum atomic E-state index is -1.73. The molecule has 0 radical (unpaired) electrons. The van der Waals surface area contributed by atoms with Gasteiger partial charge in [0.1, 0.15) is 0 Å². The SMILES string of the molecule is CN1CCC(Nc2nc(-c3ccc(Cl)cc3)nc(C(Cl)(Cl)Cl)n2)CC1. The third kappa shape index (κ3) is 5.08. The number of anilines is 1. The van der Waals surface area contributed by atoms with Gasteiger partial charge in [0.05, 0.1) is 0 Å². The Morgan fingerprint density at radius 1 is 1.04 bits per heavy atom. The zero-order valence-corrected chi connectivity index (χ0v) is 16.5. The molecular weight excluding hydrogens is 404 g/mol. The highest BCUT2D eigenvalue weighted by atomic mass is 35.6. The van der Waals surface area contributed by atoms with Crippen molar-refractivity contribution in [2.24, 2.45) is 0 Å². The van der Waals surface area contributed by atoms with Crippen LogP contribution < -0.4 is 5.32 Å². The molecule has 1 aliphatic rings. The van der Waals surface area contributed by atoms with Crippen molar-refractivity contribution in [3.63, 3.8) is 0 Å². The van der Waals surface area contributed by atoms with Crippen molar-refractivity contribution in [2.75, 3.05) is 25.5 Å². The highest BCUT2D eigenvalue weighted by molar-refractivity contribution is 6.66. The highest BCUT2D eigenvalue weighted by Gasteiger charge is 2.29. The molecule has 25 heavy (non-hydrogen) atoms. The van der Waals surface area contributed by atoms with E-state index in [1.807, 2.05) is 12.1 Å². The van der Waals surface area contributed by atoms with Crippen LogP contribution in [-0.2, 0) is 3.79 Å². The number of piperidine rings is 1. The molecule has 1 N–H and O–H groups in total. The number of nitrogens with zero attached hydrogens (tertiary/aromatic N) is 4. The second-order valence-electron chi connectivity index (χ2n) is 6.03. The van der Waals surface area contributed by atoms with Crippen LogP contribution in [0.3, 0.4) is 0 Å². The molecule has 0 spiro atoms. The summed E-state index contributed by atoms with van der Waals surface area (Å²) in [7, 11) is 2.11. The van der Waals surface area contributed by atoms with Crippen molar-refractivity contribution in [3.05, 3.63) is 35.1 Å². The Balaban J connectivity index is 1.91. The average molecular weight is 421 g/mol. The smallest absolute Gasteiger partial charge is 0.250 e. The summed E-state index contributed by atoms with van der Waals surface area (Å²) in [5.41, 5.74) is 0.772. The fourth-order valence-electron chi connectivity index (χ4n) is 2.63. The van der Waals surface area contributed by atoms with Gasteiger partial charge in [-0.25, -0.2) is 4.98 Å². The number of benzene rings is 1. The van der Waals surface area contributed by atoms with Crippen LogP contribution in [0.5, 0.6) is 0 Å². The summed E-state index contributed by atoms with van der Waals surface area (Å²) < 4.78 is -1.73. The lowest BCUT2D eigenvalue weighted by atomic mass is 10.1. The van der Waals surface area contributed by atoms with Gasteiger partial charge in [0.15, 0.2) is 11.6 Å². The Hall–Kier alpha value is -0.850. The summed E-state index contributed by atoms with van der Waals surface area (Å²) >= 11 is 23.9. The number of rotatable bonds is 3. The first kappa shape index (κ1) is 18.9. The van der Waals surface area contributed by atoms with E-state index < -0.39 is 3.79 Å². The van der Waals surface area contributed by atoms with Crippen LogP contribution in [0, 0.1) is 0 Å². The van der Waals surface area contributed by atoms with E-state index in [4.69, 9.17) is 46.4 Å². The van der Waals surface area contributed by atoms with Gasteiger partial charge >= 0.3 is 0 Å². The van der Waals surface area contributed by atoms with Crippen molar-refractivity contribution in [3.8, 4) is 11.4 Å². The molecule has 0 bridgehead atoms. The summed E-state index contributed by atoms with van der Waals surface area (Å²) in [5, 5.41) is 3.97. The van der Waals surface area contributed by atoms with Gasteiger partial charge in [0.2, 0.25) is 9.74 Å². The third-order valence-electron chi connectivity index (χ3n) is 4.04. The van der Waals surface area contributed by atoms with E-state index in [0.717, 1.165) is 31.5 Å². The molecule has 1 saturated heterocycles. The minimum Gasteiger partial charge on any atom is -0.351 e. The molecule has 0 aliphatic carbocycles.